The van der Waals surface area contributed by atoms with Crippen LogP contribution in [0.3, 0.4) is 0 Å². The fraction of sp³-hybridized carbons (Fsp3) is 0.167. The van der Waals surface area contributed by atoms with E-state index >= 15 is 0 Å². The predicted octanol–water partition coefficient (Wildman–Crippen LogP) is 6.09. The minimum Gasteiger partial charge on any atom is -0.377 e. The molecule has 4 nitrogen and oxygen atoms in total. The Kier molecular flexibility index (Phi) is 3.97. The Morgan fingerprint density at radius 1 is 0.929 bits per heavy atom. The van der Waals surface area contributed by atoms with Crippen molar-refractivity contribution in [3.63, 3.8) is 0 Å². The van der Waals surface area contributed by atoms with Crippen molar-refractivity contribution in [2.45, 2.75) is 18.4 Å². The van der Waals surface area contributed by atoms with Crippen LogP contribution in [0.1, 0.15) is 29.5 Å². The lowest BCUT2D eigenvalue weighted by Crippen LogP contribution is -2.29. The van der Waals surface area contributed by atoms with E-state index in [0.29, 0.717) is 11.8 Å². The van der Waals surface area contributed by atoms with Crippen molar-refractivity contribution in [3.05, 3.63) is 106 Å². The molecule has 0 spiro atoms. The number of nitrogens with zero attached hydrogens (tertiary/aromatic N) is 1. The first-order valence-electron chi connectivity index (χ1n) is 9.58. The molecule has 0 saturated heterocycles. The third-order valence-corrected chi connectivity index (χ3v) is 5.94. The van der Waals surface area contributed by atoms with Gasteiger partial charge in [-0.15, -0.1) is 0 Å². The van der Waals surface area contributed by atoms with E-state index in [0.717, 1.165) is 12.0 Å². The summed E-state index contributed by atoms with van der Waals surface area (Å²) in [5, 5.41) is 14.8. The Bertz CT molecular complexity index is 1060. The Hall–Kier alpha value is -3.40. The molecule has 3 aromatic rings. The number of hydrogen-bond acceptors (Lipinski definition) is 3. The highest BCUT2D eigenvalue weighted by Crippen LogP contribution is 2.52. The third-order valence-electron chi connectivity index (χ3n) is 5.94. The quantitative estimate of drug-likeness (QED) is 0.346. The molecule has 0 bridgehead atoms. The number of hydrogen-bond donors (Lipinski definition) is 1. The van der Waals surface area contributed by atoms with E-state index in [9.17, 15) is 10.1 Å². The SMILES string of the molecule is O=[N+]([O-])c1ccc([C@@H]2Nc3c(-c4ccccc4)cccc3[C@@H]3C=CC[C@@H]32)cc1. The summed E-state index contributed by atoms with van der Waals surface area (Å²) in [6, 6.07) is 24.0. The standard InChI is InChI=1S/C24H20N2O2/c27-26(28)18-14-12-17(13-15-18)23-21-10-5-9-20(21)22-11-4-8-19(24(22)25-23)16-6-2-1-3-7-16/h1-9,11-15,20-21,23,25H,10H2/t20-,21+,23+/m1/s1. The first-order chi connectivity index (χ1) is 13.7. The van der Waals surface area contributed by atoms with E-state index in [4.69, 9.17) is 0 Å². The number of nitro groups is 1. The topological polar surface area (TPSA) is 55.2 Å². The zero-order valence-electron chi connectivity index (χ0n) is 15.3. The minimum atomic E-state index is -0.346. The summed E-state index contributed by atoms with van der Waals surface area (Å²) < 4.78 is 0. The second kappa shape index (κ2) is 6.64. The number of non-ortho nitro benzene ring substituents is 1. The first kappa shape index (κ1) is 16.8. The smallest absolute Gasteiger partial charge is 0.269 e. The van der Waals surface area contributed by atoms with Gasteiger partial charge in [0.1, 0.15) is 0 Å². The van der Waals surface area contributed by atoms with Crippen LogP contribution in [0.2, 0.25) is 0 Å². The summed E-state index contributed by atoms with van der Waals surface area (Å²) in [5.74, 6) is 0.778. The Morgan fingerprint density at radius 3 is 2.46 bits per heavy atom. The molecule has 28 heavy (non-hydrogen) atoms. The Morgan fingerprint density at radius 2 is 1.71 bits per heavy atom. The van der Waals surface area contributed by atoms with Gasteiger partial charge in [-0.05, 0) is 29.0 Å². The average Bonchev–Trinajstić information content (AvgIpc) is 3.24. The van der Waals surface area contributed by atoms with Crippen molar-refractivity contribution in [3.8, 4) is 11.1 Å². The molecule has 5 rings (SSSR count). The number of rotatable bonds is 3. The van der Waals surface area contributed by atoms with Gasteiger partial charge in [-0.3, -0.25) is 10.1 Å². The molecule has 0 aromatic heterocycles. The molecular weight excluding hydrogens is 348 g/mol. The number of para-hydroxylation sites is 1. The largest absolute Gasteiger partial charge is 0.377 e. The second-order valence-electron chi connectivity index (χ2n) is 7.46. The molecule has 1 heterocycles. The van der Waals surface area contributed by atoms with Crippen molar-refractivity contribution in [1.29, 1.82) is 0 Å². The van der Waals surface area contributed by atoms with Gasteiger partial charge in [0.05, 0.1) is 11.0 Å². The Balaban J connectivity index is 1.60. The summed E-state index contributed by atoms with van der Waals surface area (Å²) in [7, 11) is 0. The maximum atomic E-state index is 11.0. The van der Waals surface area contributed by atoms with Gasteiger partial charge in [-0.25, -0.2) is 0 Å². The van der Waals surface area contributed by atoms with Gasteiger partial charge >= 0.3 is 0 Å². The van der Waals surface area contributed by atoms with Crippen LogP contribution in [-0.2, 0) is 0 Å². The highest BCUT2D eigenvalue weighted by atomic mass is 16.6. The molecule has 3 aromatic carbocycles. The molecule has 2 aliphatic rings. The molecule has 0 saturated carbocycles. The molecule has 1 N–H and O–H groups in total. The van der Waals surface area contributed by atoms with Gasteiger partial charge < -0.3 is 5.32 Å². The number of benzene rings is 3. The maximum Gasteiger partial charge on any atom is 0.269 e. The van der Waals surface area contributed by atoms with Crippen LogP contribution in [0.15, 0.2) is 84.9 Å². The number of anilines is 1. The number of allylic oxidation sites excluding steroid dienone is 2. The van der Waals surface area contributed by atoms with Crippen molar-refractivity contribution < 1.29 is 4.92 Å². The van der Waals surface area contributed by atoms with E-state index in [1.165, 1.54) is 22.4 Å². The lowest BCUT2D eigenvalue weighted by atomic mass is 9.76. The highest BCUT2D eigenvalue weighted by Gasteiger charge is 2.38. The molecule has 4 heteroatoms. The van der Waals surface area contributed by atoms with Crippen LogP contribution >= 0.6 is 0 Å². The van der Waals surface area contributed by atoms with Crippen LogP contribution in [0.25, 0.3) is 11.1 Å². The van der Waals surface area contributed by atoms with Crippen molar-refractivity contribution in [1.82, 2.24) is 0 Å². The van der Waals surface area contributed by atoms with Crippen molar-refractivity contribution >= 4 is 11.4 Å². The van der Waals surface area contributed by atoms with Crippen LogP contribution in [0.5, 0.6) is 0 Å². The zero-order chi connectivity index (χ0) is 19.1. The van der Waals surface area contributed by atoms with Crippen molar-refractivity contribution in [2.24, 2.45) is 5.92 Å². The van der Waals surface area contributed by atoms with E-state index in [2.05, 4.69) is 59.9 Å². The van der Waals surface area contributed by atoms with E-state index in [-0.39, 0.29) is 16.7 Å². The molecule has 0 amide bonds. The molecule has 138 valence electrons. The lowest BCUT2D eigenvalue weighted by Gasteiger charge is -2.38. The molecule has 1 aliphatic carbocycles. The number of fused-ring (bicyclic) bond motifs is 3. The first-order valence-corrected chi connectivity index (χ1v) is 9.58. The molecular formula is C24H20N2O2. The monoisotopic (exact) mass is 368 g/mol. The molecule has 0 unspecified atom stereocenters. The predicted molar refractivity (Wildman–Crippen MR) is 111 cm³/mol. The molecule has 1 aliphatic heterocycles. The van der Waals surface area contributed by atoms with Gasteiger partial charge in [0, 0.05) is 29.3 Å². The Labute approximate surface area is 163 Å². The van der Waals surface area contributed by atoms with Crippen molar-refractivity contribution in [2.75, 3.05) is 5.32 Å². The van der Waals surface area contributed by atoms with Gasteiger partial charge in [0.15, 0.2) is 0 Å². The van der Waals surface area contributed by atoms with E-state index in [1.54, 1.807) is 12.1 Å². The minimum absolute atomic E-state index is 0.123. The van der Waals surface area contributed by atoms with Crippen LogP contribution in [-0.4, -0.2) is 4.92 Å². The van der Waals surface area contributed by atoms with Crippen LogP contribution in [0, 0.1) is 16.0 Å². The normalized spacial score (nSPS) is 22.2. The molecule has 0 fully saturated rings. The molecule has 3 atom stereocenters. The zero-order valence-corrected chi connectivity index (χ0v) is 15.3. The van der Waals surface area contributed by atoms with Gasteiger partial charge in [-0.2, -0.15) is 0 Å². The fourth-order valence-corrected chi connectivity index (χ4v) is 4.61. The molecule has 0 radical (unpaired) electrons. The maximum absolute atomic E-state index is 11.0. The summed E-state index contributed by atoms with van der Waals surface area (Å²) >= 11 is 0. The van der Waals surface area contributed by atoms with Gasteiger partial charge in [0.2, 0.25) is 0 Å². The van der Waals surface area contributed by atoms with E-state index < -0.39 is 0 Å². The van der Waals surface area contributed by atoms with Gasteiger partial charge in [0.25, 0.3) is 5.69 Å². The number of nitro benzene ring substituents is 1. The summed E-state index contributed by atoms with van der Waals surface area (Å²) in [4.78, 5) is 10.7. The van der Waals surface area contributed by atoms with Gasteiger partial charge in [-0.1, -0.05) is 72.8 Å². The second-order valence-corrected chi connectivity index (χ2v) is 7.46. The third kappa shape index (κ3) is 2.69. The lowest BCUT2D eigenvalue weighted by molar-refractivity contribution is -0.384. The summed E-state index contributed by atoms with van der Waals surface area (Å²) in [6.45, 7) is 0. The van der Waals surface area contributed by atoms with Crippen LogP contribution < -0.4 is 5.32 Å². The highest BCUT2D eigenvalue weighted by molar-refractivity contribution is 5.82. The average molecular weight is 368 g/mol. The number of nitrogens with one attached hydrogen (secondary N) is 1. The summed E-state index contributed by atoms with van der Waals surface area (Å²) in [5.41, 5.74) is 6.12. The summed E-state index contributed by atoms with van der Waals surface area (Å²) in [6.07, 6.45) is 5.59. The van der Waals surface area contributed by atoms with Crippen LogP contribution in [0.4, 0.5) is 11.4 Å². The fourth-order valence-electron chi connectivity index (χ4n) is 4.61. The van der Waals surface area contributed by atoms with E-state index in [1.807, 2.05) is 18.2 Å².